The predicted octanol–water partition coefficient (Wildman–Crippen LogP) is 5.16. The number of likely N-dealkylation sites (N-methyl/N-ethyl adjacent to an activating group) is 1. The van der Waals surface area contributed by atoms with Crippen molar-refractivity contribution < 1.29 is 31.2 Å². The van der Waals surface area contributed by atoms with E-state index in [4.69, 9.17) is 23.2 Å². The molecule has 3 rings (SSSR count). The van der Waals surface area contributed by atoms with E-state index in [1.54, 1.807) is 54.6 Å². The largest absolute Gasteiger partial charge is 0.417 e. The van der Waals surface area contributed by atoms with E-state index in [9.17, 15) is 31.2 Å². The van der Waals surface area contributed by atoms with Gasteiger partial charge >= 0.3 is 6.18 Å². The normalized spacial score (nSPS) is 12.5. The molecule has 1 N–H and O–H groups in total. The van der Waals surface area contributed by atoms with Gasteiger partial charge in [-0.25, -0.2) is 8.42 Å². The van der Waals surface area contributed by atoms with E-state index in [0.29, 0.717) is 21.0 Å². The molecule has 3 aromatic carbocycles. The van der Waals surface area contributed by atoms with Crippen LogP contribution < -0.4 is 9.62 Å². The standard InChI is InChI=1S/C27H26Cl2F3N3O4S/c1-33-26(37)24(14-18-6-4-3-5-7-18)34(16-19-8-10-20(28)11-9-19)25(36)17-35(40(2,38)39)21-12-13-23(29)22(15-21)27(30,31)32/h3-13,15,24H,14,16-17H2,1-2H3,(H,33,37)/t24-/m0/s1. The van der Waals surface area contributed by atoms with Crippen LogP contribution in [0.3, 0.4) is 0 Å². The van der Waals surface area contributed by atoms with Gasteiger partial charge in [0.1, 0.15) is 12.6 Å². The molecule has 7 nitrogen and oxygen atoms in total. The Bertz CT molecular complexity index is 1450. The first kappa shape index (κ1) is 31.3. The summed E-state index contributed by atoms with van der Waals surface area (Å²) in [5.41, 5.74) is -0.328. The fourth-order valence-corrected chi connectivity index (χ4v) is 5.20. The topological polar surface area (TPSA) is 86.8 Å². The molecule has 1 atom stereocenters. The molecule has 0 aliphatic heterocycles. The molecule has 2 amide bonds. The number of alkyl halides is 3. The summed E-state index contributed by atoms with van der Waals surface area (Å²) >= 11 is 11.7. The summed E-state index contributed by atoms with van der Waals surface area (Å²) < 4.78 is 66.5. The molecule has 0 saturated carbocycles. The summed E-state index contributed by atoms with van der Waals surface area (Å²) in [6, 6.07) is 16.9. The van der Waals surface area contributed by atoms with Crippen molar-refractivity contribution in [3.63, 3.8) is 0 Å². The quantitative estimate of drug-likeness (QED) is 0.341. The summed E-state index contributed by atoms with van der Waals surface area (Å²) in [5, 5.41) is 2.36. The molecule has 13 heteroatoms. The van der Waals surface area contributed by atoms with E-state index in [1.165, 1.54) is 11.9 Å². The van der Waals surface area contributed by atoms with E-state index in [1.807, 2.05) is 0 Å². The number of amides is 2. The maximum absolute atomic E-state index is 13.8. The maximum Gasteiger partial charge on any atom is 0.417 e. The molecule has 0 aliphatic carbocycles. The van der Waals surface area contributed by atoms with Gasteiger partial charge < -0.3 is 10.2 Å². The van der Waals surface area contributed by atoms with Gasteiger partial charge in [0.25, 0.3) is 0 Å². The van der Waals surface area contributed by atoms with Crippen molar-refractivity contribution in [3.05, 3.63) is 99.5 Å². The number of benzene rings is 3. The van der Waals surface area contributed by atoms with Gasteiger partial charge in [-0.1, -0.05) is 65.7 Å². The van der Waals surface area contributed by atoms with E-state index >= 15 is 0 Å². The summed E-state index contributed by atoms with van der Waals surface area (Å²) in [4.78, 5) is 28.1. The number of sulfonamides is 1. The van der Waals surface area contributed by atoms with E-state index in [0.717, 1.165) is 24.0 Å². The summed E-state index contributed by atoms with van der Waals surface area (Å²) in [6.07, 6.45) is -4.00. The van der Waals surface area contributed by atoms with Gasteiger partial charge in [-0.05, 0) is 41.5 Å². The third kappa shape index (κ3) is 8.12. The molecular weight excluding hydrogens is 590 g/mol. The number of hydrogen-bond acceptors (Lipinski definition) is 4. The lowest BCUT2D eigenvalue weighted by Crippen LogP contribution is -2.52. The Kier molecular flexibility index (Phi) is 10.1. The molecule has 0 heterocycles. The van der Waals surface area contributed by atoms with Crippen LogP contribution in [0.5, 0.6) is 0 Å². The highest BCUT2D eigenvalue weighted by Gasteiger charge is 2.36. The molecule has 3 aromatic rings. The van der Waals surface area contributed by atoms with Crippen molar-refractivity contribution in [3.8, 4) is 0 Å². The molecule has 0 saturated heterocycles. The number of halogens is 5. The molecular formula is C27H26Cl2F3N3O4S. The van der Waals surface area contributed by atoms with Crippen LogP contribution in [0, 0.1) is 0 Å². The van der Waals surface area contributed by atoms with Crippen LogP contribution >= 0.6 is 23.2 Å². The van der Waals surface area contributed by atoms with Crippen LogP contribution in [0.2, 0.25) is 10.0 Å². The smallest absolute Gasteiger partial charge is 0.357 e. The van der Waals surface area contributed by atoms with Crippen LogP contribution in [-0.2, 0) is 38.8 Å². The van der Waals surface area contributed by atoms with Crippen molar-refractivity contribution in [2.75, 3.05) is 24.2 Å². The van der Waals surface area contributed by atoms with Gasteiger partial charge in [0.05, 0.1) is 22.5 Å². The van der Waals surface area contributed by atoms with Crippen molar-refractivity contribution in [1.82, 2.24) is 10.2 Å². The Morgan fingerprint density at radius 3 is 2.12 bits per heavy atom. The third-order valence-electron chi connectivity index (χ3n) is 6.01. The van der Waals surface area contributed by atoms with Crippen molar-refractivity contribution in [2.24, 2.45) is 0 Å². The number of anilines is 1. The molecule has 0 aliphatic rings. The molecule has 0 fully saturated rings. The summed E-state index contributed by atoms with van der Waals surface area (Å²) in [7, 11) is -2.85. The van der Waals surface area contributed by atoms with Gasteiger partial charge in [-0.15, -0.1) is 0 Å². The molecule has 0 spiro atoms. The van der Waals surface area contributed by atoms with Crippen molar-refractivity contribution in [2.45, 2.75) is 25.2 Å². The van der Waals surface area contributed by atoms with Crippen LogP contribution in [0.1, 0.15) is 16.7 Å². The minimum Gasteiger partial charge on any atom is -0.357 e. The summed E-state index contributed by atoms with van der Waals surface area (Å²) in [5.74, 6) is -1.32. The lowest BCUT2D eigenvalue weighted by molar-refractivity contribution is -0.139. The van der Waals surface area contributed by atoms with Crippen LogP contribution in [0.4, 0.5) is 18.9 Å². The predicted molar refractivity (Wildman–Crippen MR) is 149 cm³/mol. The van der Waals surface area contributed by atoms with Gasteiger partial charge in [0, 0.05) is 25.0 Å². The first-order valence-electron chi connectivity index (χ1n) is 11.8. The Hall–Kier alpha value is -3.28. The van der Waals surface area contributed by atoms with E-state index < -0.39 is 56.9 Å². The van der Waals surface area contributed by atoms with Crippen LogP contribution in [0.25, 0.3) is 0 Å². The molecule has 0 bridgehead atoms. The Morgan fingerprint density at radius 1 is 0.950 bits per heavy atom. The number of rotatable bonds is 10. The van der Waals surface area contributed by atoms with Gasteiger partial charge in [0.15, 0.2) is 0 Å². The Labute approximate surface area is 240 Å². The second-order valence-electron chi connectivity index (χ2n) is 8.90. The lowest BCUT2D eigenvalue weighted by Gasteiger charge is -2.33. The average molecular weight is 616 g/mol. The molecule has 0 aromatic heterocycles. The minimum absolute atomic E-state index is 0.0951. The van der Waals surface area contributed by atoms with Crippen LogP contribution in [0.15, 0.2) is 72.8 Å². The summed E-state index contributed by atoms with van der Waals surface area (Å²) in [6.45, 7) is -0.972. The molecule has 0 radical (unpaired) electrons. The fourth-order valence-electron chi connectivity index (χ4n) is 4.01. The van der Waals surface area contributed by atoms with Crippen LogP contribution in [-0.4, -0.2) is 51.0 Å². The number of nitrogens with zero attached hydrogens (tertiary/aromatic N) is 2. The van der Waals surface area contributed by atoms with Gasteiger partial charge in [0.2, 0.25) is 21.8 Å². The van der Waals surface area contributed by atoms with Crippen molar-refractivity contribution in [1.29, 1.82) is 0 Å². The van der Waals surface area contributed by atoms with Gasteiger partial charge in [-0.3, -0.25) is 13.9 Å². The first-order valence-corrected chi connectivity index (χ1v) is 14.4. The SMILES string of the molecule is CNC(=O)[C@H](Cc1ccccc1)N(Cc1ccc(Cl)cc1)C(=O)CN(c1ccc(Cl)c(C(F)(F)F)c1)S(C)(=O)=O. The molecule has 0 unspecified atom stereocenters. The minimum atomic E-state index is -4.86. The number of carbonyl (C=O) groups excluding carboxylic acids is 2. The van der Waals surface area contributed by atoms with E-state index in [2.05, 4.69) is 5.32 Å². The highest BCUT2D eigenvalue weighted by atomic mass is 35.5. The third-order valence-corrected chi connectivity index (χ3v) is 7.73. The number of carbonyl (C=O) groups is 2. The monoisotopic (exact) mass is 615 g/mol. The number of nitrogens with one attached hydrogen (secondary N) is 1. The molecule has 40 heavy (non-hydrogen) atoms. The van der Waals surface area contributed by atoms with E-state index in [-0.39, 0.29) is 13.0 Å². The fraction of sp³-hybridized carbons (Fsp3) is 0.259. The highest BCUT2D eigenvalue weighted by molar-refractivity contribution is 7.92. The highest BCUT2D eigenvalue weighted by Crippen LogP contribution is 2.37. The number of hydrogen-bond donors (Lipinski definition) is 1. The molecule has 214 valence electrons. The maximum atomic E-state index is 13.8. The second kappa shape index (κ2) is 12.9. The van der Waals surface area contributed by atoms with Gasteiger partial charge in [-0.2, -0.15) is 13.2 Å². The zero-order valence-corrected chi connectivity index (χ0v) is 23.8. The second-order valence-corrected chi connectivity index (χ2v) is 11.6. The lowest BCUT2D eigenvalue weighted by atomic mass is 10.0. The zero-order valence-electron chi connectivity index (χ0n) is 21.5. The zero-order chi connectivity index (χ0) is 29.7. The Morgan fingerprint density at radius 2 is 1.57 bits per heavy atom. The van der Waals surface area contributed by atoms with Crippen molar-refractivity contribution >= 4 is 50.7 Å². The average Bonchev–Trinajstić information content (AvgIpc) is 2.89. The first-order chi connectivity index (χ1) is 18.7. The Balaban J connectivity index is 2.06.